The maximum absolute atomic E-state index is 12.7. The number of ether oxygens (including phenoxy) is 1. The molecule has 3 aromatic heterocycles. The van der Waals surface area contributed by atoms with E-state index in [0.29, 0.717) is 37.1 Å². The Labute approximate surface area is 150 Å². The summed E-state index contributed by atoms with van der Waals surface area (Å²) in [5, 5.41) is 2.93. The average molecular weight is 352 g/mol. The Balaban J connectivity index is 1.48. The van der Waals surface area contributed by atoms with Crippen molar-refractivity contribution in [1.29, 1.82) is 0 Å². The van der Waals surface area contributed by atoms with Gasteiger partial charge in [-0.3, -0.25) is 9.20 Å². The summed E-state index contributed by atoms with van der Waals surface area (Å²) < 4.78 is 7.15. The minimum absolute atomic E-state index is 0.173. The molecule has 4 heterocycles. The summed E-state index contributed by atoms with van der Waals surface area (Å²) in [6.07, 6.45) is 3.56. The molecule has 1 aliphatic rings. The number of hydrogen-bond donors (Lipinski definition) is 1. The number of aryl methyl sites for hydroxylation is 1. The van der Waals surface area contributed by atoms with Crippen LogP contribution in [0.25, 0.3) is 5.65 Å². The molecular formula is C18H20N6O2. The number of carbonyl (C=O) groups excluding carboxylic acids is 1. The van der Waals surface area contributed by atoms with E-state index in [1.54, 1.807) is 10.6 Å². The summed E-state index contributed by atoms with van der Waals surface area (Å²) in [6.45, 7) is 5.07. The van der Waals surface area contributed by atoms with Gasteiger partial charge in [0.1, 0.15) is 11.3 Å². The quantitative estimate of drug-likeness (QED) is 0.759. The fourth-order valence-electron chi connectivity index (χ4n) is 3.04. The molecule has 1 aliphatic heterocycles. The highest BCUT2D eigenvalue weighted by molar-refractivity contribution is 5.94. The summed E-state index contributed by atoms with van der Waals surface area (Å²) in [7, 11) is 0. The maximum Gasteiger partial charge on any atom is 0.270 e. The van der Waals surface area contributed by atoms with Crippen molar-refractivity contribution in [3.8, 4) is 0 Å². The molecule has 26 heavy (non-hydrogen) atoms. The van der Waals surface area contributed by atoms with Gasteiger partial charge in [-0.05, 0) is 25.1 Å². The summed E-state index contributed by atoms with van der Waals surface area (Å²) >= 11 is 0. The molecule has 0 aliphatic carbocycles. The molecule has 8 nitrogen and oxygen atoms in total. The van der Waals surface area contributed by atoms with Crippen molar-refractivity contribution in [1.82, 2.24) is 24.7 Å². The van der Waals surface area contributed by atoms with Gasteiger partial charge in [-0.2, -0.15) is 0 Å². The van der Waals surface area contributed by atoms with E-state index in [-0.39, 0.29) is 5.91 Å². The van der Waals surface area contributed by atoms with Crippen LogP contribution < -0.4 is 10.2 Å². The third-order valence-electron chi connectivity index (χ3n) is 4.34. The van der Waals surface area contributed by atoms with E-state index in [9.17, 15) is 4.79 Å². The molecule has 0 radical (unpaired) electrons. The van der Waals surface area contributed by atoms with Crippen molar-refractivity contribution in [2.45, 2.75) is 13.5 Å². The largest absolute Gasteiger partial charge is 0.378 e. The van der Waals surface area contributed by atoms with Crippen molar-refractivity contribution in [3.63, 3.8) is 0 Å². The van der Waals surface area contributed by atoms with Gasteiger partial charge < -0.3 is 15.0 Å². The second-order valence-electron chi connectivity index (χ2n) is 6.10. The first-order chi connectivity index (χ1) is 12.7. The van der Waals surface area contributed by atoms with Gasteiger partial charge in [0.25, 0.3) is 5.91 Å². The first kappa shape index (κ1) is 16.5. The normalized spacial score (nSPS) is 14.6. The number of nitrogens with one attached hydrogen (secondary N) is 1. The van der Waals surface area contributed by atoms with E-state index in [0.717, 1.165) is 24.4 Å². The molecule has 3 aromatic rings. The van der Waals surface area contributed by atoms with Gasteiger partial charge in [0, 0.05) is 25.5 Å². The van der Waals surface area contributed by atoms with E-state index < -0.39 is 0 Å². The first-order valence-corrected chi connectivity index (χ1v) is 8.59. The van der Waals surface area contributed by atoms with Crippen molar-refractivity contribution in [2.75, 3.05) is 31.2 Å². The molecule has 4 rings (SSSR count). The molecule has 8 heteroatoms. The number of fused-ring (bicyclic) bond motifs is 1. The Morgan fingerprint density at radius 1 is 1.23 bits per heavy atom. The van der Waals surface area contributed by atoms with Crippen LogP contribution in [0.1, 0.15) is 21.9 Å². The molecule has 1 saturated heterocycles. The van der Waals surface area contributed by atoms with Gasteiger partial charge in [-0.25, -0.2) is 15.0 Å². The molecular weight excluding hydrogens is 332 g/mol. The van der Waals surface area contributed by atoms with Crippen LogP contribution in [0.5, 0.6) is 0 Å². The van der Waals surface area contributed by atoms with Crippen LogP contribution in [-0.2, 0) is 11.3 Å². The zero-order valence-corrected chi connectivity index (χ0v) is 14.6. The summed E-state index contributed by atoms with van der Waals surface area (Å²) in [5.41, 5.74) is 2.77. The smallest absolute Gasteiger partial charge is 0.270 e. The lowest BCUT2D eigenvalue weighted by atomic mass is 10.3. The summed E-state index contributed by atoms with van der Waals surface area (Å²) in [4.78, 5) is 28.1. The van der Waals surface area contributed by atoms with Crippen LogP contribution in [0.2, 0.25) is 0 Å². The van der Waals surface area contributed by atoms with E-state index >= 15 is 0 Å². The Morgan fingerprint density at radius 3 is 2.92 bits per heavy atom. The van der Waals surface area contributed by atoms with Gasteiger partial charge in [-0.15, -0.1) is 0 Å². The first-order valence-electron chi connectivity index (χ1n) is 8.59. The van der Waals surface area contributed by atoms with E-state index in [2.05, 4.69) is 25.2 Å². The van der Waals surface area contributed by atoms with Crippen LogP contribution in [0.4, 0.5) is 5.95 Å². The molecule has 0 unspecified atom stereocenters. The van der Waals surface area contributed by atoms with Crippen LogP contribution in [0.15, 0.2) is 36.7 Å². The average Bonchev–Trinajstić information content (AvgIpc) is 3.03. The number of anilines is 1. The summed E-state index contributed by atoms with van der Waals surface area (Å²) in [6, 6.07) is 7.47. The lowest BCUT2D eigenvalue weighted by Crippen LogP contribution is -2.37. The fourth-order valence-corrected chi connectivity index (χ4v) is 3.04. The van der Waals surface area contributed by atoms with Gasteiger partial charge in [0.2, 0.25) is 5.95 Å². The monoisotopic (exact) mass is 352 g/mol. The van der Waals surface area contributed by atoms with Crippen molar-refractivity contribution >= 4 is 17.5 Å². The zero-order chi connectivity index (χ0) is 17.9. The molecule has 134 valence electrons. The second kappa shape index (κ2) is 7.09. The van der Waals surface area contributed by atoms with Crippen molar-refractivity contribution in [2.24, 2.45) is 0 Å². The Bertz CT molecular complexity index is 932. The number of nitrogens with zero attached hydrogens (tertiary/aromatic N) is 5. The maximum atomic E-state index is 12.7. The number of morpholine rings is 1. The number of amides is 1. The molecule has 1 N–H and O–H groups in total. The lowest BCUT2D eigenvalue weighted by molar-refractivity contribution is 0.0944. The Hall–Kier alpha value is -3.00. The SMILES string of the molecule is Cc1nc2ccccn2c1C(=O)NCc1ccnc(N2CCOCC2)n1. The Kier molecular flexibility index (Phi) is 4.49. The molecule has 1 fully saturated rings. The number of carbonyl (C=O) groups is 1. The van der Waals surface area contributed by atoms with E-state index in [1.807, 2.05) is 37.4 Å². The van der Waals surface area contributed by atoms with Gasteiger partial charge in [0.05, 0.1) is 31.1 Å². The highest BCUT2D eigenvalue weighted by Gasteiger charge is 2.17. The van der Waals surface area contributed by atoms with Crippen LogP contribution in [0.3, 0.4) is 0 Å². The minimum Gasteiger partial charge on any atom is -0.378 e. The van der Waals surface area contributed by atoms with Crippen LogP contribution in [0, 0.1) is 6.92 Å². The Morgan fingerprint density at radius 2 is 2.08 bits per heavy atom. The molecule has 1 amide bonds. The second-order valence-corrected chi connectivity index (χ2v) is 6.10. The fraction of sp³-hybridized carbons (Fsp3) is 0.333. The molecule has 0 bridgehead atoms. The van der Waals surface area contributed by atoms with Crippen LogP contribution >= 0.6 is 0 Å². The topological polar surface area (TPSA) is 84.7 Å². The predicted molar refractivity (Wildman–Crippen MR) is 96.2 cm³/mol. The summed E-state index contributed by atoms with van der Waals surface area (Å²) in [5.74, 6) is 0.499. The highest BCUT2D eigenvalue weighted by atomic mass is 16.5. The van der Waals surface area contributed by atoms with E-state index in [1.165, 1.54) is 0 Å². The van der Waals surface area contributed by atoms with Gasteiger partial charge in [-0.1, -0.05) is 6.07 Å². The number of imidazole rings is 1. The standard InChI is InChI=1S/C18H20N6O2/c1-13-16(24-7-3-2-4-15(24)21-13)17(25)20-12-14-5-6-19-18(22-14)23-8-10-26-11-9-23/h2-7H,8-12H2,1H3,(H,20,25). The number of hydrogen-bond acceptors (Lipinski definition) is 6. The number of aromatic nitrogens is 4. The number of pyridine rings is 1. The predicted octanol–water partition coefficient (Wildman–Crippen LogP) is 1.20. The van der Waals surface area contributed by atoms with Gasteiger partial charge >= 0.3 is 0 Å². The lowest BCUT2D eigenvalue weighted by Gasteiger charge is -2.26. The third kappa shape index (κ3) is 3.23. The van der Waals surface area contributed by atoms with Crippen molar-refractivity contribution < 1.29 is 9.53 Å². The van der Waals surface area contributed by atoms with Gasteiger partial charge in [0.15, 0.2) is 0 Å². The number of rotatable bonds is 4. The van der Waals surface area contributed by atoms with Crippen molar-refractivity contribution in [3.05, 3.63) is 53.7 Å². The molecule has 0 spiro atoms. The minimum atomic E-state index is -0.173. The molecule has 0 aromatic carbocycles. The van der Waals surface area contributed by atoms with Crippen LogP contribution in [-0.4, -0.2) is 51.6 Å². The third-order valence-corrected chi connectivity index (χ3v) is 4.34. The molecule has 0 saturated carbocycles. The van der Waals surface area contributed by atoms with E-state index in [4.69, 9.17) is 4.74 Å². The highest BCUT2D eigenvalue weighted by Crippen LogP contribution is 2.13. The molecule has 0 atom stereocenters. The zero-order valence-electron chi connectivity index (χ0n) is 14.6.